The van der Waals surface area contributed by atoms with E-state index in [0.717, 1.165) is 53.9 Å². The van der Waals surface area contributed by atoms with Crippen LogP contribution in [0.1, 0.15) is 43.2 Å². The van der Waals surface area contributed by atoms with E-state index in [2.05, 4.69) is 10.6 Å². The fourth-order valence-corrected chi connectivity index (χ4v) is 4.28. The van der Waals surface area contributed by atoms with Gasteiger partial charge in [0, 0.05) is 11.4 Å². The van der Waals surface area contributed by atoms with Crippen LogP contribution in [-0.4, -0.2) is 18.9 Å². The molecule has 1 aliphatic carbocycles. The number of ether oxygens (including phenoxy) is 1. The summed E-state index contributed by atoms with van der Waals surface area (Å²) in [6.07, 6.45) is 5.39. The highest BCUT2D eigenvalue weighted by atomic mass is 16.5. The van der Waals surface area contributed by atoms with E-state index in [-0.39, 0.29) is 11.8 Å². The molecule has 5 heteroatoms. The van der Waals surface area contributed by atoms with Gasteiger partial charge in [0.15, 0.2) is 0 Å². The molecule has 1 aliphatic heterocycles. The summed E-state index contributed by atoms with van der Waals surface area (Å²) >= 11 is 0. The first kappa shape index (κ1) is 17.6. The molecule has 27 heavy (non-hydrogen) atoms. The first-order valence-electron chi connectivity index (χ1n) is 9.49. The maximum Gasteiger partial charge on any atom is 0.235 e. The van der Waals surface area contributed by atoms with Crippen LogP contribution in [0.5, 0.6) is 5.75 Å². The van der Waals surface area contributed by atoms with Crippen molar-refractivity contribution in [2.75, 3.05) is 17.7 Å². The molecule has 0 saturated heterocycles. The highest BCUT2D eigenvalue weighted by Crippen LogP contribution is 2.48. The maximum atomic E-state index is 12.6. The summed E-state index contributed by atoms with van der Waals surface area (Å²) in [5.74, 6) is 0.807. The van der Waals surface area contributed by atoms with E-state index in [1.54, 1.807) is 7.11 Å². The number of anilines is 2. The Labute approximate surface area is 159 Å². The van der Waals surface area contributed by atoms with E-state index in [1.807, 2.05) is 42.5 Å². The second-order valence-electron chi connectivity index (χ2n) is 7.43. The van der Waals surface area contributed by atoms with Crippen molar-refractivity contribution < 1.29 is 14.3 Å². The molecule has 4 rings (SSSR count). The molecule has 140 valence electrons. The van der Waals surface area contributed by atoms with Gasteiger partial charge in [-0.3, -0.25) is 9.59 Å². The molecule has 0 unspecified atom stereocenters. The van der Waals surface area contributed by atoms with Gasteiger partial charge in [-0.2, -0.15) is 0 Å². The fraction of sp³-hybridized carbons (Fsp3) is 0.364. The van der Waals surface area contributed by atoms with E-state index in [0.29, 0.717) is 6.42 Å². The molecular weight excluding hydrogens is 340 g/mol. The van der Waals surface area contributed by atoms with Crippen molar-refractivity contribution in [3.05, 3.63) is 53.6 Å². The summed E-state index contributed by atoms with van der Waals surface area (Å²) in [7, 11) is 1.62. The number of amides is 2. The SMILES string of the molecule is COc1ccc(CC(=O)Nc2ccc3c(c2)C2(CCCCC2)C(=O)N3)cc1. The number of methoxy groups -OCH3 is 1. The maximum absolute atomic E-state index is 12.6. The Balaban J connectivity index is 1.50. The Hall–Kier alpha value is -2.82. The molecule has 2 amide bonds. The minimum atomic E-state index is -0.412. The third kappa shape index (κ3) is 3.29. The first-order chi connectivity index (χ1) is 13.1. The summed E-state index contributed by atoms with van der Waals surface area (Å²) in [5.41, 5.74) is 3.18. The van der Waals surface area contributed by atoms with Crippen molar-refractivity contribution in [3.8, 4) is 5.75 Å². The van der Waals surface area contributed by atoms with Gasteiger partial charge in [-0.15, -0.1) is 0 Å². The third-order valence-electron chi connectivity index (χ3n) is 5.73. The zero-order valence-electron chi connectivity index (χ0n) is 15.5. The average molecular weight is 364 g/mol. The summed E-state index contributed by atoms with van der Waals surface area (Å²) < 4.78 is 5.14. The normalized spacial score (nSPS) is 17.3. The zero-order chi connectivity index (χ0) is 18.9. The summed E-state index contributed by atoms with van der Waals surface area (Å²) in [5, 5.41) is 6.00. The molecule has 0 bridgehead atoms. The van der Waals surface area contributed by atoms with Crippen LogP contribution in [0.15, 0.2) is 42.5 Å². The molecule has 5 nitrogen and oxygen atoms in total. The number of carbonyl (C=O) groups excluding carboxylic acids is 2. The van der Waals surface area contributed by atoms with Gasteiger partial charge in [0.2, 0.25) is 11.8 Å². The number of hydrogen-bond donors (Lipinski definition) is 2. The van der Waals surface area contributed by atoms with Gasteiger partial charge in [-0.05, 0) is 54.3 Å². The highest BCUT2D eigenvalue weighted by molar-refractivity contribution is 6.07. The molecule has 1 fully saturated rings. The van der Waals surface area contributed by atoms with Gasteiger partial charge in [-0.25, -0.2) is 0 Å². The van der Waals surface area contributed by atoms with Crippen LogP contribution < -0.4 is 15.4 Å². The minimum absolute atomic E-state index is 0.0740. The van der Waals surface area contributed by atoms with Crippen molar-refractivity contribution in [1.29, 1.82) is 0 Å². The lowest BCUT2D eigenvalue weighted by atomic mass is 9.70. The van der Waals surface area contributed by atoms with E-state index in [9.17, 15) is 9.59 Å². The van der Waals surface area contributed by atoms with Gasteiger partial charge in [-0.1, -0.05) is 31.4 Å². The van der Waals surface area contributed by atoms with Gasteiger partial charge in [0.25, 0.3) is 0 Å². The topological polar surface area (TPSA) is 67.4 Å². The quantitative estimate of drug-likeness (QED) is 0.861. The molecule has 2 aromatic rings. The number of rotatable bonds is 4. The standard InChI is InChI=1S/C22H24N2O3/c1-27-17-8-5-15(6-9-17)13-20(25)23-16-7-10-19-18(14-16)22(21(26)24-19)11-3-2-4-12-22/h5-10,14H,2-4,11-13H2,1H3,(H,23,25)(H,24,26). The van der Waals surface area contributed by atoms with Crippen molar-refractivity contribution in [3.63, 3.8) is 0 Å². The summed E-state index contributed by atoms with van der Waals surface area (Å²) in [4.78, 5) is 25.1. The van der Waals surface area contributed by atoms with Crippen molar-refractivity contribution in [2.45, 2.75) is 43.9 Å². The van der Waals surface area contributed by atoms with Crippen molar-refractivity contribution in [1.82, 2.24) is 0 Å². The second kappa shape index (κ2) is 7.06. The predicted octanol–water partition coefficient (Wildman–Crippen LogP) is 4.03. The third-order valence-corrected chi connectivity index (χ3v) is 5.73. The van der Waals surface area contributed by atoms with Crippen molar-refractivity contribution >= 4 is 23.2 Å². The number of nitrogens with one attached hydrogen (secondary N) is 2. The lowest BCUT2D eigenvalue weighted by molar-refractivity contribution is -0.122. The fourth-order valence-electron chi connectivity index (χ4n) is 4.28. The highest BCUT2D eigenvalue weighted by Gasteiger charge is 2.47. The molecular formula is C22H24N2O3. The zero-order valence-corrected chi connectivity index (χ0v) is 15.5. The number of benzene rings is 2. The Kier molecular flexibility index (Phi) is 4.60. The number of carbonyl (C=O) groups is 2. The van der Waals surface area contributed by atoms with Crippen LogP contribution in [0.2, 0.25) is 0 Å². The number of fused-ring (bicyclic) bond motifs is 2. The Morgan fingerprint density at radius 2 is 1.85 bits per heavy atom. The van der Waals surface area contributed by atoms with E-state index in [1.165, 1.54) is 6.42 Å². The molecule has 1 saturated carbocycles. The van der Waals surface area contributed by atoms with Gasteiger partial charge in [0.1, 0.15) is 5.75 Å². The Bertz CT molecular complexity index is 868. The monoisotopic (exact) mass is 364 g/mol. The molecule has 0 aromatic heterocycles. The second-order valence-corrected chi connectivity index (χ2v) is 7.43. The molecule has 2 aliphatic rings. The predicted molar refractivity (Wildman–Crippen MR) is 105 cm³/mol. The van der Waals surface area contributed by atoms with Gasteiger partial charge < -0.3 is 15.4 Å². The van der Waals surface area contributed by atoms with E-state index < -0.39 is 5.41 Å². The molecule has 1 spiro atoms. The van der Waals surface area contributed by atoms with Gasteiger partial charge in [0.05, 0.1) is 18.9 Å². The Morgan fingerprint density at radius 3 is 2.56 bits per heavy atom. The van der Waals surface area contributed by atoms with Crippen LogP contribution >= 0.6 is 0 Å². The summed E-state index contributed by atoms with van der Waals surface area (Å²) in [6, 6.07) is 13.2. The molecule has 2 N–H and O–H groups in total. The molecule has 0 atom stereocenters. The largest absolute Gasteiger partial charge is 0.497 e. The van der Waals surface area contributed by atoms with Crippen LogP contribution in [0, 0.1) is 0 Å². The molecule has 1 heterocycles. The Morgan fingerprint density at radius 1 is 1.11 bits per heavy atom. The van der Waals surface area contributed by atoms with Crippen molar-refractivity contribution in [2.24, 2.45) is 0 Å². The smallest absolute Gasteiger partial charge is 0.235 e. The molecule has 0 radical (unpaired) electrons. The van der Waals surface area contributed by atoms with Gasteiger partial charge >= 0.3 is 0 Å². The van der Waals surface area contributed by atoms with E-state index >= 15 is 0 Å². The van der Waals surface area contributed by atoms with Crippen LogP contribution in [0.25, 0.3) is 0 Å². The lowest BCUT2D eigenvalue weighted by Gasteiger charge is -2.31. The molecule has 2 aromatic carbocycles. The summed E-state index contributed by atoms with van der Waals surface area (Å²) in [6.45, 7) is 0. The minimum Gasteiger partial charge on any atom is -0.497 e. The van der Waals surface area contributed by atoms with Crippen LogP contribution in [0.3, 0.4) is 0 Å². The lowest BCUT2D eigenvalue weighted by Crippen LogP contribution is -2.36. The van der Waals surface area contributed by atoms with Crippen LogP contribution in [0.4, 0.5) is 11.4 Å². The van der Waals surface area contributed by atoms with E-state index in [4.69, 9.17) is 4.74 Å². The number of hydrogen-bond acceptors (Lipinski definition) is 3. The average Bonchev–Trinajstić information content (AvgIpc) is 2.94. The van der Waals surface area contributed by atoms with Crippen LogP contribution in [-0.2, 0) is 21.4 Å². The first-order valence-corrected chi connectivity index (χ1v) is 9.49.